The number of amides is 4. The van der Waals surface area contributed by atoms with Crippen molar-refractivity contribution in [2.24, 2.45) is 11.7 Å². The molecule has 7 N–H and O–H groups in total. The predicted octanol–water partition coefficient (Wildman–Crippen LogP) is 4.68. The number of hydrogen-bond donors (Lipinski definition) is 6. The van der Waals surface area contributed by atoms with Gasteiger partial charge in [0.1, 0.15) is 18.1 Å². The van der Waals surface area contributed by atoms with E-state index >= 15 is 0 Å². The van der Waals surface area contributed by atoms with Crippen molar-refractivity contribution >= 4 is 51.0 Å². The number of nitrogens with two attached hydrogens (primary N) is 1. The van der Waals surface area contributed by atoms with Crippen LogP contribution in [0, 0.1) is 5.92 Å². The van der Waals surface area contributed by atoms with E-state index in [1.54, 1.807) is 0 Å². The topological polar surface area (TPSA) is 172 Å². The van der Waals surface area contributed by atoms with E-state index in [9.17, 15) is 24.0 Å². The van der Waals surface area contributed by atoms with Crippen LogP contribution in [-0.2, 0) is 43.2 Å². The summed E-state index contributed by atoms with van der Waals surface area (Å²) in [4.78, 5) is 69.5. The quantitative estimate of drug-likeness (QED) is 0.0660. The van der Waals surface area contributed by atoms with Crippen LogP contribution in [0.5, 0.6) is 0 Å². The summed E-state index contributed by atoms with van der Waals surface area (Å²) in [5.41, 5.74) is 8.15. The van der Waals surface area contributed by atoms with Crippen LogP contribution in [0.15, 0.2) is 115 Å². The first-order valence-corrected chi connectivity index (χ1v) is 20.8. The molecule has 1 aliphatic rings. The number of carbonyl (C=O) groups is 5. The summed E-state index contributed by atoms with van der Waals surface area (Å²) in [6.45, 7) is 3.34. The van der Waals surface area contributed by atoms with Gasteiger partial charge < -0.3 is 32.3 Å². The Morgan fingerprint density at radius 2 is 1.02 bits per heavy atom. The molecule has 11 heteroatoms. The van der Waals surface area contributed by atoms with Gasteiger partial charge in [-0.05, 0) is 96.9 Å². The maximum absolute atomic E-state index is 14.6. The van der Waals surface area contributed by atoms with E-state index in [0.29, 0.717) is 51.7 Å². The summed E-state index contributed by atoms with van der Waals surface area (Å²) >= 11 is 0. The average Bonchev–Trinajstić information content (AvgIpc) is 3.25. The Kier molecular flexibility index (Phi) is 15.3. The molecule has 0 aliphatic carbocycles. The van der Waals surface area contributed by atoms with Crippen molar-refractivity contribution in [1.82, 2.24) is 26.6 Å². The van der Waals surface area contributed by atoms with Gasteiger partial charge in [0.25, 0.3) is 0 Å². The van der Waals surface area contributed by atoms with Crippen molar-refractivity contribution in [2.45, 2.75) is 82.5 Å². The van der Waals surface area contributed by atoms with Crippen LogP contribution in [-0.4, -0.2) is 73.2 Å². The third-order valence-corrected chi connectivity index (χ3v) is 11.2. The maximum Gasteiger partial charge on any atom is 0.243 e. The molecule has 4 amide bonds. The van der Waals surface area contributed by atoms with Crippen molar-refractivity contribution in [2.75, 3.05) is 19.6 Å². The Morgan fingerprint density at radius 1 is 0.559 bits per heavy atom. The van der Waals surface area contributed by atoms with E-state index in [4.69, 9.17) is 5.73 Å². The highest BCUT2D eigenvalue weighted by atomic mass is 16.2. The summed E-state index contributed by atoms with van der Waals surface area (Å²) in [6, 6.07) is 33.1. The number of nitrogens with one attached hydrogen (secondary N) is 5. The molecule has 11 nitrogen and oxygen atoms in total. The van der Waals surface area contributed by atoms with E-state index in [1.807, 2.05) is 115 Å². The van der Waals surface area contributed by atoms with Crippen molar-refractivity contribution in [3.05, 3.63) is 132 Å². The van der Waals surface area contributed by atoms with Crippen molar-refractivity contribution in [1.29, 1.82) is 0 Å². The number of hydrogen-bond acceptors (Lipinski definition) is 7. The van der Waals surface area contributed by atoms with Crippen molar-refractivity contribution < 1.29 is 24.0 Å². The zero-order valence-electron chi connectivity index (χ0n) is 33.8. The van der Waals surface area contributed by atoms with Crippen LogP contribution in [0.4, 0.5) is 0 Å². The fraction of sp³-hybridized carbons (Fsp3) is 0.354. The van der Waals surface area contributed by atoms with Gasteiger partial charge >= 0.3 is 0 Å². The highest BCUT2D eigenvalue weighted by Gasteiger charge is 2.33. The number of Topliss-reactive ketones (excluding diaryl/α,β-unsaturated/α-hetero) is 1. The summed E-state index contributed by atoms with van der Waals surface area (Å²) < 4.78 is 0. The number of unbranched alkanes of at least 4 members (excludes halogenated alkanes) is 1. The predicted molar refractivity (Wildman–Crippen MR) is 232 cm³/mol. The molecule has 1 heterocycles. The molecule has 59 heavy (non-hydrogen) atoms. The van der Waals surface area contributed by atoms with Gasteiger partial charge in [-0.1, -0.05) is 115 Å². The fourth-order valence-corrected chi connectivity index (χ4v) is 7.74. The van der Waals surface area contributed by atoms with Crippen LogP contribution in [0.1, 0.15) is 55.7 Å². The van der Waals surface area contributed by atoms with Crippen LogP contribution >= 0.6 is 0 Å². The summed E-state index contributed by atoms with van der Waals surface area (Å²) in [6.07, 6.45) is 3.57. The van der Waals surface area contributed by atoms with E-state index in [0.717, 1.165) is 38.2 Å². The number of ketones is 1. The molecule has 1 saturated heterocycles. The van der Waals surface area contributed by atoms with Gasteiger partial charge in [-0.25, -0.2) is 0 Å². The lowest BCUT2D eigenvalue weighted by molar-refractivity contribution is -0.135. The second-order valence-electron chi connectivity index (χ2n) is 15.6. The Bertz CT molecular complexity index is 2220. The maximum atomic E-state index is 14.6. The molecular formula is C48H56N6O5. The first-order chi connectivity index (χ1) is 28.7. The SMILES string of the molecule is CC(=O)C(CCCCN)NC(=O)C(Cc1ccccc1)NC(=O)C(Cc1ccc2ccccc2c1)NC(=O)C(Cc1ccc2ccccc2c1)NC(=O)C1CCNCC1. The first-order valence-electron chi connectivity index (χ1n) is 20.8. The number of carbonyl (C=O) groups excluding carboxylic acids is 5. The molecule has 0 saturated carbocycles. The molecule has 0 spiro atoms. The fourth-order valence-electron chi connectivity index (χ4n) is 7.74. The molecule has 308 valence electrons. The smallest absolute Gasteiger partial charge is 0.243 e. The Labute approximate surface area is 346 Å². The first kappa shape index (κ1) is 42.7. The number of fused-ring (bicyclic) bond motifs is 2. The molecule has 6 rings (SSSR count). The molecule has 4 atom stereocenters. The van der Waals surface area contributed by atoms with Gasteiger partial charge in [0.2, 0.25) is 23.6 Å². The number of benzene rings is 5. The Morgan fingerprint density at radius 3 is 1.53 bits per heavy atom. The Balaban J connectivity index is 1.29. The van der Waals surface area contributed by atoms with Gasteiger partial charge in [0, 0.05) is 25.2 Å². The molecule has 1 aliphatic heterocycles. The van der Waals surface area contributed by atoms with Gasteiger partial charge in [0.05, 0.1) is 6.04 Å². The zero-order valence-corrected chi connectivity index (χ0v) is 33.8. The zero-order chi connectivity index (χ0) is 41.6. The second kappa shape index (κ2) is 21.2. The molecule has 0 bridgehead atoms. The highest BCUT2D eigenvalue weighted by Crippen LogP contribution is 2.20. The summed E-state index contributed by atoms with van der Waals surface area (Å²) in [7, 11) is 0. The summed E-state index contributed by atoms with van der Waals surface area (Å²) in [5, 5.41) is 19.2. The van der Waals surface area contributed by atoms with Gasteiger partial charge in [-0.3, -0.25) is 24.0 Å². The van der Waals surface area contributed by atoms with Crippen molar-refractivity contribution in [3.63, 3.8) is 0 Å². The van der Waals surface area contributed by atoms with Gasteiger partial charge in [-0.2, -0.15) is 0 Å². The molecular weight excluding hydrogens is 741 g/mol. The van der Waals surface area contributed by atoms with Crippen LogP contribution in [0.25, 0.3) is 21.5 Å². The highest BCUT2D eigenvalue weighted by molar-refractivity contribution is 5.96. The van der Waals surface area contributed by atoms with Crippen LogP contribution in [0.3, 0.4) is 0 Å². The van der Waals surface area contributed by atoms with Crippen LogP contribution in [0.2, 0.25) is 0 Å². The molecule has 5 aromatic carbocycles. The lowest BCUT2D eigenvalue weighted by atomic mass is 9.95. The minimum atomic E-state index is -1.13. The standard InChI is InChI=1S/C48H56N6O5/c1-32(55)41(17-9-10-24-49)51-46(57)42(29-33-11-3-2-4-12-33)53-48(59)44(31-35-19-21-37-14-6-8-16-40(37)28-35)54-47(58)43(52-45(56)38-22-25-50-26-23-38)30-34-18-20-36-13-5-7-15-39(36)27-34/h2-8,11-16,18-21,27-28,38,41-44,50H,9-10,17,22-26,29-31,49H2,1H3,(H,51,57)(H,52,56)(H,53,59)(H,54,58). The van der Waals surface area contributed by atoms with E-state index < -0.39 is 41.9 Å². The number of piperidine rings is 1. The monoisotopic (exact) mass is 796 g/mol. The normalized spacial score (nSPS) is 15.1. The summed E-state index contributed by atoms with van der Waals surface area (Å²) in [5.74, 6) is -2.22. The third-order valence-electron chi connectivity index (χ3n) is 11.2. The van der Waals surface area contributed by atoms with Gasteiger partial charge in [-0.15, -0.1) is 0 Å². The van der Waals surface area contributed by atoms with Crippen molar-refractivity contribution in [3.8, 4) is 0 Å². The lowest BCUT2D eigenvalue weighted by Gasteiger charge is -2.28. The van der Waals surface area contributed by atoms with E-state index in [1.165, 1.54) is 6.92 Å². The van der Waals surface area contributed by atoms with E-state index in [-0.39, 0.29) is 36.9 Å². The molecule has 0 aromatic heterocycles. The largest absolute Gasteiger partial charge is 0.345 e. The third kappa shape index (κ3) is 12.3. The number of rotatable bonds is 19. The molecule has 1 fully saturated rings. The lowest BCUT2D eigenvalue weighted by Crippen LogP contribution is -2.59. The minimum Gasteiger partial charge on any atom is -0.345 e. The minimum absolute atomic E-state index is 0.113. The molecule has 5 aromatic rings. The van der Waals surface area contributed by atoms with Crippen LogP contribution < -0.4 is 32.3 Å². The van der Waals surface area contributed by atoms with E-state index in [2.05, 4.69) is 26.6 Å². The molecule has 4 unspecified atom stereocenters. The Hall–Kier alpha value is -5.91. The average molecular weight is 797 g/mol. The van der Waals surface area contributed by atoms with Gasteiger partial charge in [0.15, 0.2) is 5.78 Å². The second-order valence-corrected chi connectivity index (χ2v) is 15.6. The molecule has 0 radical (unpaired) electrons.